The molecule has 0 atom stereocenters. The lowest BCUT2D eigenvalue weighted by Crippen LogP contribution is -2.17. The number of carbonyl (C=O) groups is 1. The monoisotopic (exact) mass is 259 g/mol. The van der Waals surface area contributed by atoms with E-state index in [2.05, 4.69) is 20.9 Å². The molecular weight excluding hydrogens is 246 g/mol. The van der Waals surface area contributed by atoms with E-state index in [1.54, 1.807) is 25.1 Å². The maximum Gasteiger partial charge on any atom is 0.264 e. The van der Waals surface area contributed by atoms with Crippen molar-refractivity contribution in [2.24, 2.45) is 5.84 Å². The number of hydrogen-bond acceptors (Lipinski definition) is 5. The number of benzene rings is 1. The summed E-state index contributed by atoms with van der Waals surface area (Å²) in [6.45, 7) is 1.80. The van der Waals surface area contributed by atoms with Crippen molar-refractivity contribution in [3.8, 4) is 0 Å². The maximum absolute atomic E-state index is 12.0. The molecule has 2 rings (SSSR count). The number of nitrogens with zero attached hydrogens (tertiary/aromatic N) is 1. The second kappa shape index (κ2) is 5.32. The van der Waals surface area contributed by atoms with Gasteiger partial charge in [-0.2, -0.15) is 5.10 Å². The Bertz CT molecular complexity index is 645. The predicted octanol–water partition coefficient (Wildman–Crippen LogP) is 0.616. The number of aryl methyl sites for hydroxylation is 1. The molecule has 0 radical (unpaired) electrons. The van der Waals surface area contributed by atoms with Crippen LogP contribution in [0.3, 0.4) is 0 Å². The number of hydrazine groups is 1. The molecule has 1 heterocycles. The van der Waals surface area contributed by atoms with Crippen molar-refractivity contribution in [1.82, 2.24) is 10.2 Å². The standard InChI is InChI=1S/C12H13N5O2/c1-7-6-8(15-13)2-3-9(7)12(19)14-10-4-5-11(18)17-16-10/h2-6,15H,13H2,1H3,(H,17,18)(H,14,16,19). The molecular formula is C12H13N5O2. The summed E-state index contributed by atoms with van der Waals surface area (Å²) in [5.41, 5.74) is 4.18. The van der Waals surface area contributed by atoms with Gasteiger partial charge in [-0.05, 0) is 36.8 Å². The molecule has 1 aromatic heterocycles. The van der Waals surface area contributed by atoms with Crippen LogP contribution in [-0.4, -0.2) is 16.1 Å². The fraction of sp³-hybridized carbons (Fsp3) is 0.0833. The number of anilines is 2. The Morgan fingerprint density at radius 1 is 1.32 bits per heavy atom. The van der Waals surface area contributed by atoms with Gasteiger partial charge in [-0.1, -0.05) is 0 Å². The zero-order valence-electron chi connectivity index (χ0n) is 10.2. The highest BCUT2D eigenvalue weighted by Gasteiger charge is 2.10. The summed E-state index contributed by atoms with van der Waals surface area (Å²) < 4.78 is 0. The molecule has 0 bridgehead atoms. The second-order valence-corrected chi connectivity index (χ2v) is 3.93. The van der Waals surface area contributed by atoms with Crippen molar-refractivity contribution in [2.75, 3.05) is 10.7 Å². The van der Waals surface area contributed by atoms with Gasteiger partial charge < -0.3 is 10.7 Å². The van der Waals surface area contributed by atoms with Crippen LogP contribution in [0, 0.1) is 6.92 Å². The number of nitrogens with two attached hydrogens (primary N) is 1. The first-order valence-corrected chi connectivity index (χ1v) is 5.54. The minimum atomic E-state index is -0.326. The normalized spacial score (nSPS) is 10.0. The third kappa shape index (κ3) is 2.96. The van der Waals surface area contributed by atoms with Gasteiger partial charge >= 0.3 is 0 Å². The van der Waals surface area contributed by atoms with Crippen LogP contribution < -0.4 is 22.1 Å². The minimum Gasteiger partial charge on any atom is -0.324 e. The van der Waals surface area contributed by atoms with Crippen LogP contribution in [0.15, 0.2) is 35.1 Å². The molecule has 7 heteroatoms. The van der Waals surface area contributed by atoms with E-state index in [1.807, 2.05) is 0 Å². The van der Waals surface area contributed by atoms with E-state index in [9.17, 15) is 9.59 Å². The summed E-state index contributed by atoms with van der Waals surface area (Å²) >= 11 is 0. The van der Waals surface area contributed by atoms with Crippen molar-refractivity contribution >= 4 is 17.4 Å². The van der Waals surface area contributed by atoms with Gasteiger partial charge in [0.25, 0.3) is 11.5 Å². The third-order valence-corrected chi connectivity index (χ3v) is 2.56. The summed E-state index contributed by atoms with van der Waals surface area (Å²) in [6, 6.07) is 7.84. The molecule has 7 nitrogen and oxygen atoms in total. The van der Waals surface area contributed by atoms with Crippen LogP contribution in [0.25, 0.3) is 0 Å². The van der Waals surface area contributed by atoms with Gasteiger partial charge in [-0.25, -0.2) is 5.10 Å². The van der Waals surface area contributed by atoms with Crippen molar-refractivity contribution < 1.29 is 4.79 Å². The Balaban J connectivity index is 2.20. The molecule has 0 aliphatic rings. The summed E-state index contributed by atoms with van der Waals surface area (Å²) in [5, 5.41) is 8.54. The van der Waals surface area contributed by atoms with Crippen molar-refractivity contribution in [2.45, 2.75) is 6.92 Å². The van der Waals surface area contributed by atoms with Crippen molar-refractivity contribution in [3.05, 3.63) is 51.8 Å². The van der Waals surface area contributed by atoms with Crippen LogP contribution in [0.1, 0.15) is 15.9 Å². The number of amides is 1. The molecule has 1 amide bonds. The van der Waals surface area contributed by atoms with E-state index in [-0.39, 0.29) is 17.3 Å². The molecule has 0 aliphatic heterocycles. The number of aromatic nitrogens is 2. The Kier molecular flexibility index (Phi) is 3.58. The van der Waals surface area contributed by atoms with E-state index in [0.717, 1.165) is 11.3 Å². The topological polar surface area (TPSA) is 113 Å². The van der Waals surface area contributed by atoms with Crippen LogP contribution in [0.4, 0.5) is 11.5 Å². The molecule has 19 heavy (non-hydrogen) atoms. The van der Waals surface area contributed by atoms with Gasteiger partial charge in [-0.15, -0.1) is 0 Å². The Labute approximate surface area is 108 Å². The van der Waals surface area contributed by atoms with E-state index in [1.165, 1.54) is 12.1 Å². The Hall–Kier alpha value is -2.67. The molecule has 0 saturated heterocycles. The molecule has 0 spiro atoms. The summed E-state index contributed by atoms with van der Waals surface area (Å²) in [7, 11) is 0. The molecule has 0 saturated carbocycles. The van der Waals surface area contributed by atoms with Crippen molar-refractivity contribution in [3.63, 3.8) is 0 Å². The van der Waals surface area contributed by atoms with Gasteiger partial charge in [0, 0.05) is 17.3 Å². The third-order valence-electron chi connectivity index (χ3n) is 2.56. The van der Waals surface area contributed by atoms with E-state index in [0.29, 0.717) is 5.56 Å². The molecule has 98 valence electrons. The maximum atomic E-state index is 12.0. The molecule has 5 N–H and O–H groups in total. The van der Waals surface area contributed by atoms with Gasteiger partial charge in [0.15, 0.2) is 5.82 Å². The predicted molar refractivity (Wildman–Crippen MR) is 71.8 cm³/mol. The molecule has 1 aromatic carbocycles. The lowest BCUT2D eigenvalue weighted by Gasteiger charge is -2.08. The lowest BCUT2D eigenvalue weighted by molar-refractivity contribution is 0.102. The largest absolute Gasteiger partial charge is 0.324 e. The quantitative estimate of drug-likeness (QED) is 0.476. The average Bonchev–Trinajstić information content (AvgIpc) is 2.41. The highest BCUT2D eigenvalue weighted by Crippen LogP contribution is 2.15. The molecule has 2 aromatic rings. The molecule has 0 unspecified atom stereocenters. The van der Waals surface area contributed by atoms with Crippen molar-refractivity contribution in [1.29, 1.82) is 0 Å². The first kappa shape index (κ1) is 12.8. The number of hydrogen-bond donors (Lipinski definition) is 4. The number of H-pyrrole nitrogens is 1. The Morgan fingerprint density at radius 3 is 2.68 bits per heavy atom. The minimum absolute atomic E-state index is 0.282. The van der Waals surface area contributed by atoms with Gasteiger partial charge in [-0.3, -0.25) is 15.4 Å². The number of carbonyl (C=O) groups excluding carboxylic acids is 1. The SMILES string of the molecule is Cc1cc(NN)ccc1C(=O)Nc1ccc(=O)[nH]n1. The number of aromatic amines is 1. The zero-order valence-corrected chi connectivity index (χ0v) is 10.2. The number of nitrogen functional groups attached to an aromatic ring is 1. The number of rotatable bonds is 3. The van der Waals surface area contributed by atoms with Crippen LogP contribution in [0.2, 0.25) is 0 Å². The smallest absolute Gasteiger partial charge is 0.264 e. The van der Waals surface area contributed by atoms with Crippen LogP contribution >= 0.6 is 0 Å². The zero-order chi connectivity index (χ0) is 13.8. The van der Waals surface area contributed by atoms with E-state index >= 15 is 0 Å². The average molecular weight is 259 g/mol. The second-order valence-electron chi connectivity index (χ2n) is 3.93. The van der Waals surface area contributed by atoms with Gasteiger partial charge in [0.2, 0.25) is 0 Å². The molecule has 0 aliphatic carbocycles. The van der Waals surface area contributed by atoms with Crippen LogP contribution in [-0.2, 0) is 0 Å². The summed E-state index contributed by atoms with van der Waals surface area (Å²) in [5.74, 6) is 5.27. The fourth-order valence-electron chi connectivity index (χ4n) is 1.61. The highest BCUT2D eigenvalue weighted by atomic mass is 16.2. The lowest BCUT2D eigenvalue weighted by atomic mass is 10.1. The van der Waals surface area contributed by atoms with Gasteiger partial charge in [0.05, 0.1) is 0 Å². The van der Waals surface area contributed by atoms with Crippen LogP contribution in [0.5, 0.6) is 0 Å². The highest BCUT2D eigenvalue weighted by molar-refractivity contribution is 6.04. The first-order valence-electron chi connectivity index (χ1n) is 5.54. The Morgan fingerprint density at radius 2 is 2.11 bits per heavy atom. The first-order chi connectivity index (χ1) is 9.10. The summed E-state index contributed by atoms with van der Waals surface area (Å²) in [6.07, 6.45) is 0. The number of nitrogens with one attached hydrogen (secondary N) is 3. The van der Waals surface area contributed by atoms with E-state index in [4.69, 9.17) is 5.84 Å². The fourth-order valence-corrected chi connectivity index (χ4v) is 1.61. The van der Waals surface area contributed by atoms with E-state index < -0.39 is 0 Å². The van der Waals surface area contributed by atoms with Gasteiger partial charge in [0.1, 0.15) is 0 Å². The molecule has 0 fully saturated rings. The summed E-state index contributed by atoms with van der Waals surface area (Å²) in [4.78, 5) is 22.9.